The van der Waals surface area contributed by atoms with Crippen molar-refractivity contribution >= 4 is 12.6 Å². The molecule has 0 aromatic carbocycles. The minimum Gasteiger partial charge on any atom is -0.742 e. The van der Waals surface area contributed by atoms with E-state index in [1.165, 1.54) is 0 Å². The van der Waals surface area contributed by atoms with E-state index in [4.69, 9.17) is 0 Å². The molecule has 6 heavy (non-hydrogen) atoms. The molecule has 0 spiro atoms. The van der Waals surface area contributed by atoms with Crippen LogP contribution in [0, 0.1) is 0 Å². The lowest BCUT2D eigenvalue weighted by Gasteiger charge is -1.89. The maximum atomic E-state index is 4.65. The number of rotatable bonds is 0. The van der Waals surface area contributed by atoms with Crippen molar-refractivity contribution in [1.29, 1.82) is 0 Å². The summed E-state index contributed by atoms with van der Waals surface area (Å²) in [6, 6.07) is 3.50. The molecular formula is C4H3OS-. The maximum absolute atomic E-state index is 4.65. The molecule has 0 aliphatic carbocycles. The van der Waals surface area contributed by atoms with E-state index in [2.05, 4.69) is 17.0 Å². The van der Waals surface area contributed by atoms with Gasteiger partial charge < -0.3 is 17.0 Å². The number of furan rings is 1. The van der Waals surface area contributed by atoms with Crippen molar-refractivity contribution in [3.05, 3.63) is 18.4 Å². The first-order chi connectivity index (χ1) is 2.89. The van der Waals surface area contributed by atoms with Crippen LogP contribution in [0.4, 0.5) is 0 Å². The van der Waals surface area contributed by atoms with Crippen LogP contribution in [0.3, 0.4) is 0 Å². The molecule has 1 aromatic heterocycles. The Morgan fingerprint density at radius 2 is 2.50 bits per heavy atom. The summed E-state index contributed by atoms with van der Waals surface area (Å²) >= 11 is 4.58. The standard InChI is InChI=1S/C4H4OS/c6-4-2-1-3-5-4/h1-3,6H/p-1. The summed E-state index contributed by atoms with van der Waals surface area (Å²) in [7, 11) is 0. The molecule has 0 N–H and O–H groups in total. The monoisotopic (exact) mass is 99.0 g/mol. The first-order valence-electron chi connectivity index (χ1n) is 1.60. The summed E-state index contributed by atoms with van der Waals surface area (Å²) < 4.78 is 4.65. The van der Waals surface area contributed by atoms with Gasteiger partial charge in [-0.1, -0.05) is 0 Å². The van der Waals surface area contributed by atoms with Crippen LogP contribution in [0.5, 0.6) is 0 Å². The van der Waals surface area contributed by atoms with Gasteiger partial charge in [0.2, 0.25) is 0 Å². The highest BCUT2D eigenvalue weighted by Gasteiger charge is 1.65. The van der Waals surface area contributed by atoms with Gasteiger partial charge in [-0.25, -0.2) is 0 Å². The Morgan fingerprint density at radius 3 is 2.67 bits per heavy atom. The summed E-state index contributed by atoms with van der Waals surface area (Å²) in [6.45, 7) is 0. The van der Waals surface area contributed by atoms with Crippen molar-refractivity contribution in [3.63, 3.8) is 0 Å². The van der Waals surface area contributed by atoms with Crippen LogP contribution in [-0.4, -0.2) is 0 Å². The molecule has 1 rings (SSSR count). The van der Waals surface area contributed by atoms with E-state index >= 15 is 0 Å². The largest absolute Gasteiger partial charge is 0.742 e. The molecule has 0 bridgehead atoms. The van der Waals surface area contributed by atoms with Gasteiger partial charge in [-0.15, -0.1) is 0 Å². The van der Waals surface area contributed by atoms with Crippen molar-refractivity contribution < 1.29 is 4.42 Å². The molecule has 0 saturated heterocycles. The molecule has 1 heterocycles. The van der Waals surface area contributed by atoms with E-state index in [-0.39, 0.29) is 0 Å². The third kappa shape index (κ3) is 0.518. The van der Waals surface area contributed by atoms with Crippen molar-refractivity contribution in [1.82, 2.24) is 0 Å². The lowest BCUT2D eigenvalue weighted by Crippen LogP contribution is -1.47. The van der Waals surface area contributed by atoms with E-state index in [0.717, 1.165) is 0 Å². The fraction of sp³-hybridized carbons (Fsp3) is 0. The van der Waals surface area contributed by atoms with Gasteiger partial charge >= 0.3 is 0 Å². The molecule has 0 aliphatic rings. The van der Waals surface area contributed by atoms with Crippen LogP contribution in [-0.2, 0) is 12.6 Å². The lowest BCUT2D eigenvalue weighted by molar-refractivity contribution is 0.476. The van der Waals surface area contributed by atoms with Crippen LogP contribution in [0.2, 0.25) is 0 Å². The quantitative estimate of drug-likeness (QED) is 0.453. The smallest absolute Gasteiger partial charge is 0.0879 e. The molecule has 0 saturated carbocycles. The van der Waals surface area contributed by atoms with E-state index in [1.807, 2.05) is 0 Å². The van der Waals surface area contributed by atoms with Gasteiger partial charge in [-0.2, -0.15) is 0 Å². The molecule has 0 unspecified atom stereocenters. The normalized spacial score (nSPS) is 8.67. The minimum atomic E-state index is 0.551. The Kier molecular flexibility index (Phi) is 0.801. The minimum absolute atomic E-state index is 0.551. The summed E-state index contributed by atoms with van der Waals surface area (Å²) in [5, 5.41) is 0.551. The highest BCUT2D eigenvalue weighted by Crippen LogP contribution is 1.94. The van der Waals surface area contributed by atoms with Crippen molar-refractivity contribution in [3.8, 4) is 0 Å². The van der Waals surface area contributed by atoms with Gasteiger partial charge in [-0.05, 0) is 17.2 Å². The van der Waals surface area contributed by atoms with E-state index in [0.29, 0.717) is 5.09 Å². The van der Waals surface area contributed by atoms with E-state index in [9.17, 15) is 0 Å². The van der Waals surface area contributed by atoms with Crippen LogP contribution >= 0.6 is 0 Å². The number of hydrogen-bond acceptors (Lipinski definition) is 2. The first-order valence-corrected chi connectivity index (χ1v) is 2.01. The van der Waals surface area contributed by atoms with E-state index in [1.54, 1.807) is 18.4 Å². The summed E-state index contributed by atoms with van der Waals surface area (Å²) in [5.41, 5.74) is 0. The molecule has 1 nitrogen and oxygen atoms in total. The van der Waals surface area contributed by atoms with Gasteiger partial charge in [0.05, 0.1) is 6.26 Å². The van der Waals surface area contributed by atoms with Gasteiger partial charge in [0.15, 0.2) is 0 Å². The molecule has 0 atom stereocenters. The highest BCUT2D eigenvalue weighted by atomic mass is 32.1. The summed E-state index contributed by atoms with van der Waals surface area (Å²) in [4.78, 5) is 0. The average Bonchev–Trinajstić information content (AvgIpc) is 1.86. The Morgan fingerprint density at radius 1 is 1.67 bits per heavy atom. The zero-order valence-corrected chi connectivity index (χ0v) is 3.87. The zero-order chi connectivity index (χ0) is 4.41. The predicted molar refractivity (Wildman–Crippen MR) is 24.3 cm³/mol. The van der Waals surface area contributed by atoms with Crippen LogP contribution < -0.4 is 0 Å². The molecule has 0 aliphatic heterocycles. The maximum Gasteiger partial charge on any atom is 0.0879 e. The number of hydrogen-bond donors (Lipinski definition) is 0. The summed E-state index contributed by atoms with van der Waals surface area (Å²) in [6.07, 6.45) is 1.56. The van der Waals surface area contributed by atoms with Crippen LogP contribution in [0.25, 0.3) is 0 Å². The first kappa shape index (κ1) is 3.68. The van der Waals surface area contributed by atoms with Crippen molar-refractivity contribution in [2.45, 2.75) is 5.09 Å². The van der Waals surface area contributed by atoms with Crippen LogP contribution in [0.15, 0.2) is 27.9 Å². The van der Waals surface area contributed by atoms with E-state index < -0.39 is 0 Å². The van der Waals surface area contributed by atoms with Gasteiger partial charge in [0.25, 0.3) is 0 Å². The summed E-state index contributed by atoms with van der Waals surface area (Å²) in [5.74, 6) is 0. The molecule has 0 fully saturated rings. The van der Waals surface area contributed by atoms with Gasteiger partial charge in [0, 0.05) is 0 Å². The SMILES string of the molecule is [S-]c1ccco1. The van der Waals surface area contributed by atoms with Gasteiger partial charge in [0.1, 0.15) is 0 Å². The second-order valence-corrected chi connectivity index (χ2v) is 1.33. The fourth-order valence-corrected chi connectivity index (χ4v) is 0.398. The zero-order valence-electron chi connectivity index (χ0n) is 3.05. The second-order valence-electron chi connectivity index (χ2n) is 0.932. The Labute approximate surface area is 41.4 Å². The van der Waals surface area contributed by atoms with Crippen molar-refractivity contribution in [2.75, 3.05) is 0 Å². The predicted octanol–water partition coefficient (Wildman–Crippen LogP) is 1.19. The lowest BCUT2D eigenvalue weighted by atomic mass is 10.7. The Hall–Kier alpha value is -0.500. The van der Waals surface area contributed by atoms with Crippen molar-refractivity contribution in [2.24, 2.45) is 0 Å². The molecule has 2 heteroatoms. The molecule has 1 aromatic rings. The third-order valence-corrected chi connectivity index (χ3v) is 0.727. The van der Waals surface area contributed by atoms with Crippen LogP contribution in [0.1, 0.15) is 0 Å². The highest BCUT2D eigenvalue weighted by molar-refractivity contribution is 7.58. The topological polar surface area (TPSA) is 13.1 Å². The molecule has 0 amide bonds. The third-order valence-electron chi connectivity index (χ3n) is 0.495. The fourth-order valence-electron chi connectivity index (χ4n) is 0.263. The average molecular weight is 99.1 g/mol. The Bertz CT molecular complexity index is 111. The van der Waals surface area contributed by atoms with Gasteiger partial charge in [-0.3, -0.25) is 0 Å². The molecular weight excluding hydrogens is 96.1 g/mol. The Balaban J connectivity index is 3.05. The molecule has 0 radical (unpaired) electrons. The molecule has 32 valence electrons. The second kappa shape index (κ2) is 1.30.